The Morgan fingerprint density at radius 2 is 2.06 bits per heavy atom. The summed E-state index contributed by atoms with van der Waals surface area (Å²) in [6.45, 7) is 7.20. The van der Waals surface area contributed by atoms with E-state index in [1.807, 2.05) is 55.3 Å². The second-order valence-electron chi connectivity index (χ2n) is 8.84. The van der Waals surface area contributed by atoms with Crippen LogP contribution in [0.2, 0.25) is 0 Å². The van der Waals surface area contributed by atoms with E-state index in [1.54, 1.807) is 6.92 Å². The molecule has 0 saturated heterocycles. The zero-order valence-electron chi connectivity index (χ0n) is 19.4. The number of ether oxygens (including phenoxy) is 1. The fourth-order valence-electron chi connectivity index (χ4n) is 5.08. The first kappa shape index (κ1) is 20.7. The Hall–Kier alpha value is -3.94. The molecule has 2 aliphatic heterocycles. The average Bonchev–Trinajstić information content (AvgIpc) is 3.41. The van der Waals surface area contributed by atoms with E-state index in [0.717, 1.165) is 62.9 Å². The van der Waals surface area contributed by atoms with Gasteiger partial charge in [-0.25, -0.2) is 4.98 Å². The number of nitrogens with zero attached hydrogens (tertiary/aromatic N) is 5. The number of carbonyl (C=O) groups excluding carboxylic acids is 1. The molecule has 0 fully saturated rings. The lowest BCUT2D eigenvalue weighted by Gasteiger charge is -2.30. The zero-order chi connectivity index (χ0) is 23.4. The van der Waals surface area contributed by atoms with E-state index in [1.165, 1.54) is 0 Å². The first-order valence-electron chi connectivity index (χ1n) is 11.5. The fourth-order valence-corrected chi connectivity index (χ4v) is 5.08. The van der Waals surface area contributed by atoms with Crippen LogP contribution in [0.3, 0.4) is 0 Å². The third kappa shape index (κ3) is 3.13. The van der Waals surface area contributed by atoms with Crippen molar-refractivity contribution < 1.29 is 14.1 Å². The molecule has 172 valence electrons. The molecule has 0 spiro atoms. The highest BCUT2D eigenvalue weighted by Crippen LogP contribution is 2.45. The molecule has 0 N–H and O–H groups in total. The molecule has 6 rings (SSSR count). The zero-order valence-corrected chi connectivity index (χ0v) is 19.4. The summed E-state index contributed by atoms with van der Waals surface area (Å²) < 4.78 is 14.2. The SMILES string of the molecule is CC(=O)N1CC=C(c2nc3ccc(-c4c(C)noc4C)c4c3n2[C@@H](c2ccccn2)CO4)CC1. The quantitative estimate of drug-likeness (QED) is 0.457. The number of hydrogen-bond acceptors (Lipinski definition) is 6. The maximum atomic E-state index is 11.8. The highest BCUT2D eigenvalue weighted by Gasteiger charge is 2.33. The highest BCUT2D eigenvalue weighted by atomic mass is 16.5. The van der Waals surface area contributed by atoms with E-state index >= 15 is 0 Å². The second-order valence-corrected chi connectivity index (χ2v) is 8.84. The van der Waals surface area contributed by atoms with Gasteiger partial charge in [-0.05, 0) is 50.1 Å². The van der Waals surface area contributed by atoms with Crippen molar-refractivity contribution in [2.24, 2.45) is 0 Å². The van der Waals surface area contributed by atoms with E-state index in [2.05, 4.69) is 20.8 Å². The number of aryl methyl sites for hydroxylation is 2. The second kappa shape index (κ2) is 7.83. The van der Waals surface area contributed by atoms with Gasteiger partial charge in [0.1, 0.15) is 29.8 Å². The van der Waals surface area contributed by atoms with E-state index < -0.39 is 0 Å². The smallest absolute Gasteiger partial charge is 0.219 e. The minimum Gasteiger partial charge on any atom is -0.488 e. The van der Waals surface area contributed by atoms with Crippen LogP contribution in [0, 0.1) is 13.8 Å². The number of hydrogen-bond donors (Lipinski definition) is 0. The van der Waals surface area contributed by atoms with Gasteiger partial charge in [0.15, 0.2) is 5.75 Å². The van der Waals surface area contributed by atoms with Crippen LogP contribution >= 0.6 is 0 Å². The molecule has 3 aromatic heterocycles. The number of pyridine rings is 1. The largest absolute Gasteiger partial charge is 0.488 e. The summed E-state index contributed by atoms with van der Waals surface area (Å²) in [6, 6.07) is 9.91. The van der Waals surface area contributed by atoms with Gasteiger partial charge in [0.05, 0.1) is 22.5 Å². The summed E-state index contributed by atoms with van der Waals surface area (Å²) in [5.74, 6) is 2.55. The predicted octanol–water partition coefficient (Wildman–Crippen LogP) is 4.32. The van der Waals surface area contributed by atoms with Crippen molar-refractivity contribution in [3.8, 4) is 16.9 Å². The third-order valence-electron chi connectivity index (χ3n) is 6.78. The van der Waals surface area contributed by atoms with Crippen molar-refractivity contribution in [3.05, 3.63) is 65.6 Å². The normalized spacial score (nSPS) is 17.6. The Balaban J connectivity index is 1.59. The molecule has 0 radical (unpaired) electrons. The summed E-state index contributed by atoms with van der Waals surface area (Å²) in [4.78, 5) is 23.4. The Kier molecular flexibility index (Phi) is 4.76. The number of benzene rings is 1. The Morgan fingerprint density at radius 3 is 2.74 bits per heavy atom. The maximum absolute atomic E-state index is 11.8. The minimum atomic E-state index is -0.111. The monoisotopic (exact) mass is 455 g/mol. The molecule has 2 aliphatic rings. The van der Waals surface area contributed by atoms with Crippen LogP contribution in [0.15, 0.2) is 47.1 Å². The van der Waals surface area contributed by atoms with Gasteiger partial charge in [0, 0.05) is 31.8 Å². The molecule has 8 nitrogen and oxygen atoms in total. The number of imidazole rings is 1. The predicted molar refractivity (Wildman–Crippen MR) is 127 cm³/mol. The van der Waals surface area contributed by atoms with Gasteiger partial charge in [-0.15, -0.1) is 0 Å². The lowest BCUT2D eigenvalue weighted by Crippen LogP contribution is -2.33. The molecule has 8 heteroatoms. The number of amides is 1. The molecule has 0 unspecified atom stereocenters. The van der Waals surface area contributed by atoms with Crippen LogP contribution in [0.25, 0.3) is 27.7 Å². The molecule has 1 amide bonds. The van der Waals surface area contributed by atoms with Crippen LogP contribution in [0.1, 0.15) is 42.4 Å². The van der Waals surface area contributed by atoms with Crippen LogP contribution in [-0.4, -0.2) is 50.2 Å². The van der Waals surface area contributed by atoms with E-state index in [4.69, 9.17) is 14.2 Å². The van der Waals surface area contributed by atoms with Gasteiger partial charge in [0.2, 0.25) is 5.91 Å². The van der Waals surface area contributed by atoms with Gasteiger partial charge < -0.3 is 18.7 Å². The molecule has 34 heavy (non-hydrogen) atoms. The van der Waals surface area contributed by atoms with Crippen molar-refractivity contribution in [1.29, 1.82) is 0 Å². The van der Waals surface area contributed by atoms with Crippen molar-refractivity contribution in [3.63, 3.8) is 0 Å². The van der Waals surface area contributed by atoms with Gasteiger partial charge in [-0.2, -0.15) is 0 Å². The molecule has 1 atom stereocenters. The number of rotatable bonds is 3. The third-order valence-corrected chi connectivity index (χ3v) is 6.78. The summed E-state index contributed by atoms with van der Waals surface area (Å²) in [5, 5.41) is 4.15. The Labute approximate surface area is 196 Å². The Morgan fingerprint density at radius 1 is 1.18 bits per heavy atom. The van der Waals surface area contributed by atoms with Crippen LogP contribution in [-0.2, 0) is 4.79 Å². The lowest BCUT2D eigenvalue weighted by atomic mass is 10.0. The summed E-state index contributed by atoms with van der Waals surface area (Å²) in [7, 11) is 0. The van der Waals surface area contributed by atoms with Crippen LogP contribution < -0.4 is 4.74 Å². The standard InChI is InChI=1S/C26H25N5O3/c1-15-23(16(2)34-29-15)19-7-8-21-24-25(19)33-14-22(20-6-4-5-11-27-20)31(24)26(28-21)18-9-12-30(13-10-18)17(3)32/h4-9,11,22H,10,12-14H2,1-3H3/t22-/m1/s1. The summed E-state index contributed by atoms with van der Waals surface area (Å²) >= 11 is 0. The Bertz CT molecular complexity index is 1430. The molecular formula is C26H25N5O3. The minimum absolute atomic E-state index is 0.0936. The summed E-state index contributed by atoms with van der Waals surface area (Å²) in [6.07, 6.45) is 4.68. The van der Waals surface area contributed by atoms with Crippen molar-refractivity contribution in [2.45, 2.75) is 33.2 Å². The number of aromatic nitrogens is 4. The maximum Gasteiger partial charge on any atom is 0.219 e. The van der Waals surface area contributed by atoms with Crippen LogP contribution in [0.4, 0.5) is 0 Å². The first-order valence-corrected chi connectivity index (χ1v) is 11.5. The topological polar surface area (TPSA) is 86.3 Å². The highest BCUT2D eigenvalue weighted by molar-refractivity contribution is 5.94. The molecule has 4 aromatic rings. The van der Waals surface area contributed by atoms with Gasteiger partial charge in [-0.3, -0.25) is 9.78 Å². The lowest BCUT2D eigenvalue weighted by molar-refractivity contribution is -0.128. The summed E-state index contributed by atoms with van der Waals surface area (Å²) in [5.41, 5.74) is 6.63. The van der Waals surface area contributed by atoms with Gasteiger partial charge in [0.25, 0.3) is 0 Å². The van der Waals surface area contributed by atoms with Gasteiger partial charge in [-0.1, -0.05) is 17.3 Å². The van der Waals surface area contributed by atoms with E-state index in [0.29, 0.717) is 19.7 Å². The van der Waals surface area contributed by atoms with Crippen LogP contribution in [0.5, 0.6) is 5.75 Å². The average molecular weight is 456 g/mol. The molecule has 0 saturated carbocycles. The molecule has 5 heterocycles. The molecule has 0 bridgehead atoms. The molecular weight excluding hydrogens is 430 g/mol. The fraction of sp³-hybridized carbons (Fsp3) is 0.308. The van der Waals surface area contributed by atoms with Crippen molar-refractivity contribution in [1.82, 2.24) is 24.6 Å². The van der Waals surface area contributed by atoms with Crippen molar-refractivity contribution >= 4 is 22.5 Å². The van der Waals surface area contributed by atoms with E-state index in [-0.39, 0.29) is 11.9 Å². The molecule has 1 aromatic carbocycles. The van der Waals surface area contributed by atoms with E-state index in [9.17, 15) is 4.79 Å². The van der Waals surface area contributed by atoms with Gasteiger partial charge >= 0.3 is 0 Å². The molecule has 0 aliphatic carbocycles. The van der Waals surface area contributed by atoms with Crippen molar-refractivity contribution in [2.75, 3.05) is 19.7 Å². The number of carbonyl (C=O) groups is 1. The first-order chi connectivity index (χ1) is 16.5.